The second-order valence-electron chi connectivity index (χ2n) is 6.14. The first-order valence-corrected chi connectivity index (χ1v) is 9.36. The molecule has 3 aromatic heterocycles. The largest absolute Gasteiger partial charge is 0.503 e. The lowest BCUT2D eigenvalue weighted by atomic mass is 10.00. The standard InChI is InChI=1S/C19H17N3O4S/c23-17(14-5-2-11-27-14)15-16(13-4-1-10-26-13)22(19(25)18(15)24)8-3-7-21-9-6-20-12-21/h1-2,4-6,9-12,16,24H,3,7-8H2/t16-/m0/s1. The molecule has 1 atom stereocenters. The number of rotatable bonds is 7. The lowest BCUT2D eigenvalue weighted by Gasteiger charge is -2.24. The Kier molecular flexibility index (Phi) is 4.64. The van der Waals surface area contributed by atoms with Crippen molar-refractivity contribution in [1.29, 1.82) is 0 Å². The Morgan fingerprint density at radius 2 is 2.19 bits per heavy atom. The molecule has 1 N–H and O–H groups in total. The number of hydrogen-bond donors (Lipinski definition) is 1. The van der Waals surface area contributed by atoms with Crippen molar-refractivity contribution in [1.82, 2.24) is 14.5 Å². The van der Waals surface area contributed by atoms with E-state index in [9.17, 15) is 14.7 Å². The Balaban J connectivity index is 1.62. The van der Waals surface area contributed by atoms with E-state index in [1.54, 1.807) is 42.2 Å². The predicted molar refractivity (Wildman–Crippen MR) is 98.3 cm³/mol. The molecule has 0 saturated carbocycles. The number of Topliss-reactive ketones (excluding diaryl/α,β-unsaturated/α-hetero) is 1. The fourth-order valence-corrected chi connectivity index (χ4v) is 3.92. The van der Waals surface area contributed by atoms with Gasteiger partial charge in [-0.05, 0) is 30.0 Å². The first-order valence-electron chi connectivity index (χ1n) is 8.48. The molecule has 0 aliphatic carbocycles. The molecule has 0 spiro atoms. The fourth-order valence-electron chi connectivity index (χ4n) is 3.24. The van der Waals surface area contributed by atoms with Gasteiger partial charge in [0.25, 0.3) is 5.91 Å². The van der Waals surface area contributed by atoms with Crippen molar-refractivity contribution < 1.29 is 19.1 Å². The van der Waals surface area contributed by atoms with Gasteiger partial charge < -0.3 is 19.0 Å². The Morgan fingerprint density at radius 1 is 1.30 bits per heavy atom. The summed E-state index contributed by atoms with van der Waals surface area (Å²) in [4.78, 5) is 31.6. The number of furan rings is 1. The number of hydrogen-bond acceptors (Lipinski definition) is 6. The van der Waals surface area contributed by atoms with Crippen molar-refractivity contribution in [2.45, 2.75) is 19.0 Å². The number of nitrogens with zero attached hydrogens (tertiary/aromatic N) is 3. The number of imidazole rings is 1. The minimum atomic E-state index is -0.732. The zero-order valence-electron chi connectivity index (χ0n) is 14.3. The van der Waals surface area contributed by atoms with Crippen molar-refractivity contribution in [3.05, 3.63) is 76.6 Å². The third-order valence-corrected chi connectivity index (χ3v) is 5.35. The minimum absolute atomic E-state index is 0.0695. The smallest absolute Gasteiger partial charge is 0.290 e. The average molecular weight is 383 g/mol. The van der Waals surface area contributed by atoms with Gasteiger partial charge in [-0.1, -0.05) is 6.07 Å². The zero-order chi connectivity index (χ0) is 18.8. The van der Waals surface area contributed by atoms with E-state index >= 15 is 0 Å². The Morgan fingerprint density at radius 3 is 2.85 bits per heavy atom. The van der Waals surface area contributed by atoms with Crippen LogP contribution < -0.4 is 0 Å². The number of carbonyl (C=O) groups excluding carboxylic acids is 2. The molecule has 7 nitrogen and oxygen atoms in total. The molecular formula is C19H17N3O4S. The summed E-state index contributed by atoms with van der Waals surface area (Å²) in [6.07, 6.45) is 7.38. The summed E-state index contributed by atoms with van der Waals surface area (Å²) in [7, 11) is 0. The van der Waals surface area contributed by atoms with Crippen LogP contribution in [-0.2, 0) is 11.3 Å². The zero-order valence-corrected chi connectivity index (χ0v) is 15.1. The highest BCUT2D eigenvalue weighted by molar-refractivity contribution is 7.12. The third kappa shape index (κ3) is 3.19. The maximum atomic E-state index is 12.9. The van der Waals surface area contributed by atoms with Crippen LogP contribution in [0.5, 0.6) is 0 Å². The van der Waals surface area contributed by atoms with Crippen LogP contribution in [-0.4, -0.2) is 37.8 Å². The molecule has 0 unspecified atom stereocenters. The van der Waals surface area contributed by atoms with Gasteiger partial charge in [0.1, 0.15) is 11.8 Å². The third-order valence-electron chi connectivity index (χ3n) is 4.48. The molecule has 3 aromatic rings. The molecule has 4 rings (SSSR count). The number of ketones is 1. The number of aliphatic hydroxyl groups excluding tert-OH is 1. The van der Waals surface area contributed by atoms with Crippen LogP contribution in [0.1, 0.15) is 27.9 Å². The van der Waals surface area contributed by atoms with Crippen molar-refractivity contribution in [3.63, 3.8) is 0 Å². The predicted octanol–water partition coefficient (Wildman–Crippen LogP) is 3.21. The minimum Gasteiger partial charge on any atom is -0.503 e. The van der Waals surface area contributed by atoms with Crippen molar-refractivity contribution in [2.75, 3.05) is 6.54 Å². The van der Waals surface area contributed by atoms with Gasteiger partial charge in [0.2, 0.25) is 5.78 Å². The van der Waals surface area contributed by atoms with Crippen molar-refractivity contribution in [2.24, 2.45) is 0 Å². The number of aromatic nitrogens is 2. The van der Waals surface area contributed by atoms with Crippen molar-refractivity contribution >= 4 is 23.0 Å². The van der Waals surface area contributed by atoms with Crippen LogP contribution in [0, 0.1) is 0 Å². The van der Waals surface area contributed by atoms with E-state index in [1.807, 2.05) is 10.8 Å². The number of thiophene rings is 1. The number of aryl methyl sites for hydroxylation is 1. The van der Waals surface area contributed by atoms with E-state index in [0.29, 0.717) is 30.1 Å². The highest BCUT2D eigenvalue weighted by Gasteiger charge is 2.45. The number of aliphatic hydroxyl groups is 1. The summed E-state index contributed by atoms with van der Waals surface area (Å²) in [5, 5.41) is 12.2. The molecular weight excluding hydrogens is 366 g/mol. The summed E-state index contributed by atoms with van der Waals surface area (Å²) in [5.74, 6) is -0.955. The Bertz CT molecular complexity index is 959. The fraction of sp³-hybridized carbons (Fsp3) is 0.211. The van der Waals surface area contributed by atoms with E-state index < -0.39 is 17.7 Å². The van der Waals surface area contributed by atoms with Crippen molar-refractivity contribution in [3.8, 4) is 0 Å². The maximum Gasteiger partial charge on any atom is 0.290 e. The average Bonchev–Trinajstić information content (AvgIpc) is 3.45. The van der Waals surface area contributed by atoms with E-state index in [1.165, 1.54) is 22.5 Å². The summed E-state index contributed by atoms with van der Waals surface area (Å²) < 4.78 is 7.40. The number of carbonyl (C=O) groups is 2. The van der Waals surface area contributed by atoms with E-state index in [-0.39, 0.29) is 11.4 Å². The van der Waals surface area contributed by atoms with Gasteiger partial charge in [0, 0.05) is 25.5 Å². The van der Waals surface area contributed by atoms with Crippen LogP contribution in [0.15, 0.2) is 70.4 Å². The Labute approximate surface area is 159 Å². The molecule has 0 saturated heterocycles. The number of amides is 1. The van der Waals surface area contributed by atoms with Crippen LogP contribution in [0.2, 0.25) is 0 Å². The van der Waals surface area contributed by atoms with E-state index in [2.05, 4.69) is 4.98 Å². The topological polar surface area (TPSA) is 88.6 Å². The van der Waals surface area contributed by atoms with E-state index in [0.717, 1.165) is 0 Å². The lowest BCUT2D eigenvalue weighted by Crippen LogP contribution is -2.32. The van der Waals surface area contributed by atoms with Crippen LogP contribution >= 0.6 is 11.3 Å². The van der Waals surface area contributed by atoms with Gasteiger partial charge in [-0.3, -0.25) is 9.59 Å². The maximum absolute atomic E-state index is 12.9. The quantitative estimate of drug-likeness (QED) is 0.633. The van der Waals surface area contributed by atoms with Crippen LogP contribution in [0.3, 0.4) is 0 Å². The van der Waals surface area contributed by atoms with Crippen LogP contribution in [0.4, 0.5) is 0 Å². The second kappa shape index (κ2) is 7.24. The molecule has 1 amide bonds. The normalized spacial score (nSPS) is 17.1. The molecule has 0 bridgehead atoms. The molecule has 0 aromatic carbocycles. The first kappa shape index (κ1) is 17.3. The molecule has 0 radical (unpaired) electrons. The summed E-state index contributed by atoms with van der Waals surface area (Å²) in [6.45, 7) is 1.04. The molecule has 27 heavy (non-hydrogen) atoms. The highest BCUT2D eigenvalue weighted by atomic mass is 32.1. The molecule has 8 heteroatoms. The molecule has 4 heterocycles. The van der Waals surface area contributed by atoms with Gasteiger partial charge in [-0.25, -0.2) is 4.98 Å². The van der Waals surface area contributed by atoms with Gasteiger partial charge in [0.15, 0.2) is 5.76 Å². The van der Waals surface area contributed by atoms with Crippen LogP contribution in [0.25, 0.3) is 0 Å². The molecule has 1 aliphatic rings. The lowest BCUT2D eigenvalue weighted by molar-refractivity contribution is -0.129. The SMILES string of the molecule is O=C(C1=C(O)C(=O)N(CCCn2ccnc2)[C@H]1c1ccco1)c1cccs1. The molecule has 0 fully saturated rings. The van der Waals surface area contributed by atoms with E-state index in [4.69, 9.17) is 4.42 Å². The summed E-state index contributed by atoms with van der Waals surface area (Å²) in [6, 6.07) is 6.12. The first-order chi connectivity index (χ1) is 13.2. The highest BCUT2D eigenvalue weighted by Crippen LogP contribution is 2.39. The summed E-state index contributed by atoms with van der Waals surface area (Å²) >= 11 is 1.27. The Hall–Kier alpha value is -3.13. The van der Waals surface area contributed by atoms with Gasteiger partial charge in [-0.15, -0.1) is 11.3 Å². The summed E-state index contributed by atoms with van der Waals surface area (Å²) in [5.41, 5.74) is 0.0695. The molecule has 1 aliphatic heterocycles. The van der Waals surface area contributed by atoms with Gasteiger partial charge in [0.05, 0.1) is 23.0 Å². The van der Waals surface area contributed by atoms with Gasteiger partial charge in [-0.2, -0.15) is 0 Å². The monoisotopic (exact) mass is 383 g/mol. The molecule has 138 valence electrons. The second-order valence-corrected chi connectivity index (χ2v) is 7.09. The van der Waals surface area contributed by atoms with Gasteiger partial charge >= 0.3 is 0 Å².